The first-order valence-electron chi connectivity index (χ1n) is 16.4. The van der Waals surface area contributed by atoms with Gasteiger partial charge in [0.1, 0.15) is 22.3 Å². The van der Waals surface area contributed by atoms with Crippen LogP contribution in [0, 0.1) is 6.92 Å². The summed E-state index contributed by atoms with van der Waals surface area (Å²) >= 11 is 0. The van der Waals surface area contributed by atoms with Crippen LogP contribution in [0.2, 0.25) is 0 Å². The van der Waals surface area contributed by atoms with Crippen LogP contribution in [-0.2, 0) is 0 Å². The Balaban J connectivity index is 1.32. The fraction of sp³-hybridized carbons (Fsp3) is 0.0238. The minimum Gasteiger partial charge on any atom is -0.457 e. The molecule has 6 heteroatoms. The first-order chi connectivity index (χ1) is 23.7. The Kier molecular flexibility index (Phi) is 4.44. The van der Waals surface area contributed by atoms with Gasteiger partial charge in [0.2, 0.25) is 0 Å². The van der Waals surface area contributed by atoms with Gasteiger partial charge in [-0.25, -0.2) is 4.68 Å². The molecule has 0 unspecified atom stereocenters. The monoisotopic (exact) mass is 613 g/mol. The van der Waals surface area contributed by atoms with E-state index in [1.165, 1.54) is 27.2 Å². The van der Waals surface area contributed by atoms with Gasteiger partial charge in [0.25, 0.3) is 6.71 Å². The highest BCUT2D eigenvalue weighted by Gasteiger charge is 2.45. The van der Waals surface area contributed by atoms with Gasteiger partial charge >= 0.3 is 0 Å². The molecule has 12 rings (SSSR count). The Morgan fingerprint density at radius 2 is 1.27 bits per heavy atom. The van der Waals surface area contributed by atoms with Crippen molar-refractivity contribution in [3.05, 3.63) is 133 Å². The molecule has 0 spiro atoms. The zero-order valence-electron chi connectivity index (χ0n) is 25.9. The van der Waals surface area contributed by atoms with Gasteiger partial charge in [-0.1, -0.05) is 84.9 Å². The summed E-state index contributed by atoms with van der Waals surface area (Å²) in [6, 6.07) is 45.5. The third-order valence-corrected chi connectivity index (χ3v) is 10.7. The number of nitrogens with zero attached hydrogens (tertiary/aromatic N) is 3. The average molecular weight is 613 g/mol. The van der Waals surface area contributed by atoms with E-state index in [4.69, 9.17) is 13.9 Å². The van der Waals surface area contributed by atoms with Crippen molar-refractivity contribution in [2.45, 2.75) is 6.92 Å². The van der Waals surface area contributed by atoms with Crippen molar-refractivity contribution in [1.29, 1.82) is 0 Å². The van der Waals surface area contributed by atoms with Gasteiger partial charge in [0, 0.05) is 32.6 Å². The second-order valence-corrected chi connectivity index (χ2v) is 13.1. The highest BCUT2D eigenvalue weighted by Crippen LogP contribution is 2.47. The number of aryl methyl sites for hydroxylation is 1. The molecule has 0 saturated heterocycles. The number of hydrogen-bond donors (Lipinski definition) is 0. The third kappa shape index (κ3) is 2.89. The fourth-order valence-electron chi connectivity index (χ4n) is 8.81. The third-order valence-electron chi connectivity index (χ3n) is 10.7. The summed E-state index contributed by atoms with van der Waals surface area (Å²) in [4.78, 5) is 2.48. The smallest absolute Gasteiger partial charge is 0.257 e. The van der Waals surface area contributed by atoms with Crippen molar-refractivity contribution in [2.75, 3.05) is 4.90 Å². The Morgan fingerprint density at radius 1 is 0.562 bits per heavy atom. The number of aromatic nitrogens is 2. The van der Waals surface area contributed by atoms with Crippen molar-refractivity contribution in [1.82, 2.24) is 9.78 Å². The molecule has 48 heavy (non-hydrogen) atoms. The van der Waals surface area contributed by atoms with Crippen LogP contribution in [-0.4, -0.2) is 16.5 Å². The second kappa shape index (κ2) is 8.55. The van der Waals surface area contributed by atoms with Gasteiger partial charge in [0.05, 0.1) is 33.7 Å². The van der Waals surface area contributed by atoms with Crippen LogP contribution in [0.15, 0.2) is 136 Å². The molecule has 0 saturated carbocycles. The van der Waals surface area contributed by atoms with Crippen LogP contribution in [0.4, 0.5) is 17.1 Å². The fourth-order valence-corrected chi connectivity index (χ4v) is 8.81. The van der Waals surface area contributed by atoms with E-state index in [0.717, 1.165) is 83.2 Å². The van der Waals surface area contributed by atoms with E-state index in [0.29, 0.717) is 0 Å². The van der Waals surface area contributed by atoms with Crippen molar-refractivity contribution < 1.29 is 8.83 Å². The van der Waals surface area contributed by atoms with Crippen molar-refractivity contribution in [3.63, 3.8) is 0 Å². The van der Waals surface area contributed by atoms with Gasteiger partial charge in [-0.15, -0.1) is 0 Å². The van der Waals surface area contributed by atoms with E-state index in [-0.39, 0.29) is 6.71 Å². The number of rotatable bonds is 1. The summed E-state index contributed by atoms with van der Waals surface area (Å²) in [6.45, 7) is 2.03. The van der Waals surface area contributed by atoms with Crippen LogP contribution in [0.1, 0.15) is 5.69 Å². The van der Waals surface area contributed by atoms with Gasteiger partial charge in [-0.2, -0.15) is 5.10 Å². The van der Waals surface area contributed by atoms with Gasteiger partial charge < -0.3 is 13.7 Å². The number of furan rings is 2. The quantitative estimate of drug-likeness (QED) is 0.174. The molecule has 3 aromatic heterocycles. The zero-order chi connectivity index (χ0) is 31.2. The molecule has 0 bridgehead atoms. The molecule has 2 aliphatic heterocycles. The van der Waals surface area contributed by atoms with E-state index in [2.05, 4.69) is 138 Å². The molecule has 0 amide bonds. The van der Waals surface area contributed by atoms with Crippen molar-refractivity contribution >= 4 is 106 Å². The lowest BCUT2D eigenvalue weighted by Crippen LogP contribution is -2.60. The van der Waals surface area contributed by atoms with E-state index in [1.54, 1.807) is 0 Å². The summed E-state index contributed by atoms with van der Waals surface area (Å²) in [5, 5.41) is 13.2. The molecule has 0 radical (unpaired) electrons. The summed E-state index contributed by atoms with van der Waals surface area (Å²) < 4.78 is 15.6. The second-order valence-electron chi connectivity index (χ2n) is 13.1. The van der Waals surface area contributed by atoms with Crippen LogP contribution in [0.25, 0.3) is 71.2 Å². The Bertz CT molecular complexity index is 3050. The maximum atomic E-state index is 6.85. The average Bonchev–Trinajstić information content (AvgIpc) is 3.81. The Labute approximate surface area is 274 Å². The minimum atomic E-state index is -0.0918. The molecule has 2 aliphatic rings. The zero-order valence-corrected chi connectivity index (χ0v) is 25.9. The van der Waals surface area contributed by atoms with Gasteiger partial charge in [-0.05, 0) is 71.2 Å². The van der Waals surface area contributed by atoms with Crippen LogP contribution in [0.5, 0.6) is 0 Å². The van der Waals surface area contributed by atoms with Crippen molar-refractivity contribution in [2.24, 2.45) is 0 Å². The van der Waals surface area contributed by atoms with E-state index >= 15 is 0 Å². The van der Waals surface area contributed by atoms with E-state index < -0.39 is 0 Å². The topological polar surface area (TPSA) is 47.3 Å². The molecule has 0 atom stereocenters. The lowest BCUT2D eigenvalue weighted by atomic mass is 9.33. The number of hydrogen-bond acceptors (Lipinski definition) is 4. The van der Waals surface area contributed by atoms with E-state index in [1.807, 2.05) is 6.07 Å². The van der Waals surface area contributed by atoms with Crippen LogP contribution in [0.3, 0.4) is 0 Å². The lowest BCUT2D eigenvalue weighted by molar-refractivity contribution is 0.669. The standard InChI is InChI=1S/C42H24BN3O2/c1-23-28-22-29-26-13-4-6-18-34(26)48-42(29)39-40(28)46(44-23)33-17-9-16-32-38(33)43(39)30-20-21-36-37(27-14-5-7-19-35(27)47-36)41(30)45(32)31-15-8-11-24-10-2-3-12-25(24)31/h2-22H,1H3. The molecule has 0 fully saturated rings. The first-order valence-corrected chi connectivity index (χ1v) is 16.4. The molecule has 7 aromatic carbocycles. The lowest BCUT2D eigenvalue weighted by Gasteiger charge is -2.40. The first kappa shape index (κ1) is 24.9. The summed E-state index contributed by atoms with van der Waals surface area (Å²) in [7, 11) is 0. The summed E-state index contributed by atoms with van der Waals surface area (Å²) in [6.07, 6.45) is 0. The van der Waals surface area contributed by atoms with Crippen molar-refractivity contribution in [3.8, 4) is 5.69 Å². The molecule has 0 N–H and O–H groups in total. The number of para-hydroxylation sites is 2. The van der Waals surface area contributed by atoms with Gasteiger partial charge in [0.15, 0.2) is 0 Å². The molecule has 10 aromatic rings. The molecule has 5 heterocycles. The molecule has 0 aliphatic carbocycles. The minimum absolute atomic E-state index is 0.0918. The number of fused-ring (bicyclic) bond motifs is 13. The number of benzene rings is 7. The largest absolute Gasteiger partial charge is 0.457 e. The van der Waals surface area contributed by atoms with Crippen LogP contribution < -0.4 is 21.3 Å². The Hall–Kier alpha value is -6.27. The highest BCUT2D eigenvalue weighted by atomic mass is 16.3. The maximum Gasteiger partial charge on any atom is 0.257 e. The highest BCUT2D eigenvalue weighted by molar-refractivity contribution is 7.01. The SMILES string of the molecule is Cc1nn2c3c(c4oc5ccccc5c4cc13)B1c3ccc4oc5ccccc5c4c3N(c3cccc4ccccc34)c3cccc-2c31. The van der Waals surface area contributed by atoms with Crippen LogP contribution >= 0.6 is 0 Å². The van der Waals surface area contributed by atoms with E-state index in [9.17, 15) is 0 Å². The molecular formula is C42H24BN3O2. The molecular weight excluding hydrogens is 589 g/mol. The number of anilines is 3. The molecule has 222 valence electrons. The summed E-state index contributed by atoms with van der Waals surface area (Å²) in [5.41, 5.74) is 13.9. The maximum absolute atomic E-state index is 6.85. The molecule has 5 nitrogen and oxygen atoms in total. The Morgan fingerprint density at radius 3 is 2.17 bits per heavy atom. The van der Waals surface area contributed by atoms with Gasteiger partial charge in [-0.3, -0.25) is 0 Å². The normalized spacial score (nSPS) is 13.4. The predicted molar refractivity (Wildman–Crippen MR) is 197 cm³/mol. The predicted octanol–water partition coefficient (Wildman–Crippen LogP) is 8.90. The summed E-state index contributed by atoms with van der Waals surface area (Å²) in [5.74, 6) is 0.